The topological polar surface area (TPSA) is 77.0 Å². The van der Waals surface area contributed by atoms with Gasteiger partial charge in [-0.2, -0.15) is 0 Å². The maximum Gasteiger partial charge on any atom is 0.408 e. The SMILES string of the molecule is CCCCCCCCCCCCC/C=C(/C)[C@@H](O)[C@@H](COC1CCCCO1)NC(=O)OC(C)(C)C. The zero-order valence-electron chi connectivity index (χ0n) is 23.4. The lowest BCUT2D eigenvalue weighted by atomic mass is 10.0. The lowest BCUT2D eigenvalue weighted by Gasteiger charge is -2.29. The first-order valence-corrected chi connectivity index (χ1v) is 14.3. The molecular weight excluding hydrogens is 442 g/mol. The van der Waals surface area contributed by atoms with E-state index in [0.717, 1.165) is 37.7 Å². The van der Waals surface area contributed by atoms with Crippen LogP contribution >= 0.6 is 0 Å². The molecule has 35 heavy (non-hydrogen) atoms. The normalized spacial score (nSPS) is 18.8. The molecule has 0 saturated carbocycles. The van der Waals surface area contributed by atoms with E-state index in [9.17, 15) is 9.90 Å². The summed E-state index contributed by atoms with van der Waals surface area (Å²) in [5.41, 5.74) is 0.249. The summed E-state index contributed by atoms with van der Waals surface area (Å²) in [4.78, 5) is 12.4. The van der Waals surface area contributed by atoms with Crippen LogP contribution in [0.1, 0.15) is 131 Å². The second-order valence-corrected chi connectivity index (χ2v) is 11.1. The number of alkyl carbamates (subject to hydrolysis) is 1. The van der Waals surface area contributed by atoms with Gasteiger partial charge >= 0.3 is 6.09 Å². The zero-order valence-corrected chi connectivity index (χ0v) is 23.4. The quantitative estimate of drug-likeness (QED) is 0.152. The third-order valence-electron chi connectivity index (χ3n) is 6.42. The Kier molecular flexibility index (Phi) is 17.4. The number of aliphatic hydroxyl groups excluding tert-OH is 1. The van der Waals surface area contributed by atoms with Crippen molar-refractivity contribution in [3.63, 3.8) is 0 Å². The van der Waals surface area contributed by atoms with Crippen molar-refractivity contribution >= 4 is 6.09 Å². The monoisotopic (exact) mass is 497 g/mol. The molecule has 0 aliphatic carbocycles. The van der Waals surface area contributed by atoms with Gasteiger partial charge in [-0.25, -0.2) is 4.79 Å². The van der Waals surface area contributed by atoms with Gasteiger partial charge in [0, 0.05) is 6.61 Å². The average molecular weight is 498 g/mol. The fourth-order valence-corrected chi connectivity index (χ4v) is 4.30. The summed E-state index contributed by atoms with van der Waals surface area (Å²) in [7, 11) is 0. The first kappa shape index (κ1) is 31.9. The van der Waals surface area contributed by atoms with Gasteiger partial charge < -0.3 is 24.6 Å². The number of hydrogen-bond donors (Lipinski definition) is 2. The number of carbonyl (C=O) groups excluding carboxylic acids is 1. The lowest BCUT2D eigenvalue weighted by Crippen LogP contribution is -2.49. The van der Waals surface area contributed by atoms with Crippen LogP contribution < -0.4 is 5.32 Å². The minimum atomic E-state index is -0.834. The molecule has 1 rings (SSSR count). The van der Waals surface area contributed by atoms with Gasteiger partial charge in [-0.15, -0.1) is 0 Å². The number of nitrogens with one attached hydrogen (secondary N) is 1. The highest BCUT2D eigenvalue weighted by molar-refractivity contribution is 5.68. The molecule has 0 bridgehead atoms. The molecule has 1 amide bonds. The van der Waals surface area contributed by atoms with Crippen molar-refractivity contribution in [1.82, 2.24) is 5.32 Å². The van der Waals surface area contributed by atoms with Gasteiger partial charge in [-0.05, 0) is 65.4 Å². The van der Waals surface area contributed by atoms with E-state index in [1.54, 1.807) is 0 Å². The first-order chi connectivity index (χ1) is 16.7. The van der Waals surface area contributed by atoms with Gasteiger partial charge in [-0.1, -0.05) is 77.2 Å². The van der Waals surface area contributed by atoms with Crippen LogP contribution in [0.5, 0.6) is 0 Å². The smallest absolute Gasteiger partial charge is 0.408 e. The summed E-state index contributed by atoms with van der Waals surface area (Å²) in [5, 5.41) is 13.8. The van der Waals surface area contributed by atoms with E-state index in [4.69, 9.17) is 14.2 Å². The van der Waals surface area contributed by atoms with Crippen molar-refractivity contribution in [2.24, 2.45) is 0 Å². The number of carbonyl (C=O) groups is 1. The fraction of sp³-hybridized carbons (Fsp3) is 0.897. The molecule has 0 aromatic rings. The molecule has 0 aromatic carbocycles. The van der Waals surface area contributed by atoms with E-state index in [0.29, 0.717) is 6.61 Å². The predicted molar refractivity (Wildman–Crippen MR) is 144 cm³/mol. The van der Waals surface area contributed by atoms with Crippen LogP contribution in [0.3, 0.4) is 0 Å². The Balaban J connectivity index is 2.38. The summed E-state index contributed by atoms with van der Waals surface area (Å²) in [6.45, 7) is 10.5. The zero-order chi connectivity index (χ0) is 25.9. The average Bonchev–Trinajstić information content (AvgIpc) is 2.81. The molecule has 1 fully saturated rings. The van der Waals surface area contributed by atoms with Crippen LogP contribution in [0, 0.1) is 0 Å². The molecule has 1 unspecified atom stereocenters. The van der Waals surface area contributed by atoms with E-state index < -0.39 is 23.8 Å². The largest absolute Gasteiger partial charge is 0.444 e. The number of hydrogen-bond acceptors (Lipinski definition) is 5. The Hall–Kier alpha value is -1.11. The summed E-state index contributed by atoms with van der Waals surface area (Å²) in [6, 6.07) is -0.594. The Bertz CT molecular complexity index is 566. The summed E-state index contributed by atoms with van der Waals surface area (Å²) < 4.78 is 16.9. The number of amides is 1. The van der Waals surface area contributed by atoms with Crippen molar-refractivity contribution < 1.29 is 24.1 Å². The van der Waals surface area contributed by atoms with Crippen molar-refractivity contribution in [3.8, 4) is 0 Å². The van der Waals surface area contributed by atoms with E-state index >= 15 is 0 Å². The highest BCUT2D eigenvalue weighted by Crippen LogP contribution is 2.17. The molecule has 1 aliphatic heterocycles. The van der Waals surface area contributed by atoms with E-state index in [-0.39, 0.29) is 12.9 Å². The van der Waals surface area contributed by atoms with Crippen LogP contribution in [0.2, 0.25) is 0 Å². The molecule has 6 heteroatoms. The molecule has 1 saturated heterocycles. The second-order valence-electron chi connectivity index (χ2n) is 11.1. The van der Waals surface area contributed by atoms with Gasteiger partial charge in [0.1, 0.15) is 5.60 Å². The molecule has 2 N–H and O–H groups in total. The van der Waals surface area contributed by atoms with Gasteiger partial charge in [0.2, 0.25) is 0 Å². The molecule has 6 nitrogen and oxygen atoms in total. The van der Waals surface area contributed by atoms with Crippen molar-refractivity contribution in [1.29, 1.82) is 0 Å². The molecular formula is C29H55NO5. The standard InChI is InChI=1S/C29H55NO5/c1-6-7-8-9-10-11-12-13-14-15-16-17-20-24(2)27(31)25(30-28(32)35-29(3,4)5)23-34-26-21-18-19-22-33-26/h20,25-27,31H,6-19,21-23H2,1-5H3,(H,30,32)/b24-20-/t25-,26?,27-/m1/s1. The van der Waals surface area contributed by atoms with Crippen LogP contribution in [0.4, 0.5) is 4.79 Å². The summed E-state index contributed by atoms with van der Waals surface area (Å²) in [5.74, 6) is 0. The van der Waals surface area contributed by atoms with E-state index in [1.165, 1.54) is 64.2 Å². The van der Waals surface area contributed by atoms with Crippen LogP contribution in [0.15, 0.2) is 11.6 Å². The van der Waals surface area contributed by atoms with Gasteiger partial charge in [0.15, 0.2) is 6.29 Å². The van der Waals surface area contributed by atoms with Gasteiger partial charge in [0.25, 0.3) is 0 Å². The Morgan fingerprint density at radius 2 is 1.63 bits per heavy atom. The number of ether oxygens (including phenoxy) is 3. The Labute approximate surface area is 215 Å². The Morgan fingerprint density at radius 1 is 1.03 bits per heavy atom. The molecule has 206 valence electrons. The van der Waals surface area contributed by atoms with Gasteiger partial charge in [-0.3, -0.25) is 0 Å². The fourth-order valence-electron chi connectivity index (χ4n) is 4.30. The molecule has 1 aliphatic rings. The first-order valence-electron chi connectivity index (χ1n) is 14.3. The van der Waals surface area contributed by atoms with E-state index in [1.807, 2.05) is 27.7 Å². The second kappa shape index (κ2) is 19.1. The maximum absolute atomic E-state index is 12.4. The molecule has 0 spiro atoms. The van der Waals surface area contributed by atoms with Gasteiger partial charge in [0.05, 0.1) is 18.8 Å². The number of unbranched alkanes of at least 4 members (excludes halogenated alkanes) is 11. The Morgan fingerprint density at radius 3 is 2.17 bits per heavy atom. The minimum absolute atomic E-state index is 0.175. The third-order valence-corrected chi connectivity index (χ3v) is 6.42. The molecule has 0 radical (unpaired) electrons. The van der Waals surface area contributed by atoms with Crippen LogP contribution in [0.25, 0.3) is 0 Å². The lowest BCUT2D eigenvalue weighted by molar-refractivity contribution is -0.168. The predicted octanol–water partition coefficient (Wildman–Crippen LogP) is 7.43. The summed E-state index contributed by atoms with van der Waals surface area (Å²) >= 11 is 0. The van der Waals surface area contributed by atoms with Crippen molar-refractivity contribution in [2.45, 2.75) is 155 Å². The number of aliphatic hydroxyl groups is 1. The third kappa shape index (κ3) is 17.1. The van der Waals surface area contributed by atoms with Crippen LogP contribution in [-0.2, 0) is 14.2 Å². The van der Waals surface area contributed by atoms with Crippen molar-refractivity contribution in [2.75, 3.05) is 13.2 Å². The molecule has 1 heterocycles. The molecule has 3 atom stereocenters. The highest BCUT2D eigenvalue weighted by atomic mass is 16.7. The van der Waals surface area contributed by atoms with E-state index in [2.05, 4.69) is 18.3 Å². The van der Waals surface area contributed by atoms with Crippen LogP contribution in [-0.4, -0.2) is 48.5 Å². The number of rotatable bonds is 18. The minimum Gasteiger partial charge on any atom is -0.444 e. The highest BCUT2D eigenvalue weighted by Gasteiger charge is 2.27. The maximum atomic E-state index is 12.4. The van der Waals surface area contributed by atoms with Crippen molar-refractivity contribution in [3.05, 3.63) is 11.6 Å². The summed E-state index contributed by atoms with van der Waals surface area (Å²) in [6.07, 6.45) is 18.8. The number of allylic oxidation sites excluding steroid dienone is 1. The molecule has 0 aromatic heterocycles.